The third kappa shape index (κ3) is 2.76. The Kier molecular flexibility index (Phi) is 3.58. The van der Waals surface area contributed by atoms with Crippen LogP contribution in [0.2, 0.25) is 5.02 Å². The molecule has 3 rings (SSSR count). The van der Waals surface area contributed by atoms with Crippen molar-refractivity contribution in [2.24, 2.45) is 0 Å². The van der Waals surface area contributed by atoms with Gasteiger partial charge < -0.3 is 19.8 Å². The van der Waals surface area contributed by atoms with E-state index in [-0.39, 0.29) is 12.5 Å². The molecule has 2 aromatic rings. The molecule has 1 aliphatic rings. The minimum atomic E-state index is -0.185. The summed E-state index contributed by atoms with van der Waals surface area (Å²) in [6.07, 6.45) is 0. The average molecular weight is 358 g/mol. The number of carbonyl (C=O) groups is 1. The van der Waals surface area contributed by atoms with Crippen molar-refractivity contribution < 1.29 is 13.9 Å². The van der Waals surface area contributed by atoms with Crippen LogP contribution >= 0.6 is 27.5 Å². The highest BCUT2D eigenvalue weighted by molar-refractivity contribution is 9.10. The number of amides is 1. The Bertz CT molecular complexity index is 672. The van der Waals surface area contributed by atoms with Gasteiger partial charge in [0.05, 0.1) is 22.9 Å². The largest absolute Gasteiger partial charge is 0.482 e. The summed E-state index contributed by atoms with van der Waals surface area (Å²) in [4.78, 5) is 11.2. The zero-order valence-electron chi connectivity index (χ0n) is 10.2. The Morgan fingerprint density at radius 3 is 3.00 bits per heavy atom. The first-order chi connectivity index (χ1) is 9.61. The second kappa shape index (κ2) is 5.38. The van der Waals surface area contributed by atoms with Crippen LogP contribution in [0.1, 0.15) is 5.76 Å². The van der Waals surface area contributed by atoms with Crippen LogP contribution in [0.3, 0.4) is 0 Å². The molecule has 0 bridgehead atoms. The van der Waals surface area contributed by atoms with Crippen LogP contribution < -0.4 is 15.4 Å². The average Bonchev–Trinajstić information content (AvgIpc) is 2.82. The number of anilines is 2. The predicted molar refractivity (Wildman–Crippen MR) is 79.3 cm³/mol. The normalized spacial score (nSPS) is 13.4. The number of benzene rings is 1. The first-order valence-corrected chi connectivity index (χ1v) is 7.03. The van der Waals surface area contributed by atoms with Crippen LogP contribution in [-0.2, 0) is 11.3 Å². The number of hydrogen-bond acceptors (Lipinski definition) is 4. The Morgan fingerprint density at radius 2 is 2.25 bits per heavy atom. The van der Waals surface area contributed by atoms with E-state index in [9.17, 15) is 4.79 Å². The molecule has 0 atom stereocenters. The van der Waals surface area contributed by atoms with E-state index in [4.69, 9.17) is 20.8 Å². The fourth-order valence-corrected chi connectivity index (χ4v) is 2.44. The quantitative estimate of drug-likeness (QED) is 0.880. The summed E-state index contributed by atoms with van der Waals surface area (Å²) in [6.45, 7) is 0.510. The minimum absolute atomic E-state index is 0.0131. The molecule has 7 heteroatoms. The van der Waals surface area contributed by atoms with E-state index in [0.717, 1.165) is 5.76 Å². The SMILES string of the molecule is O=C1COc2cc(NCc3ccc(Br)o3)c(Cl)cc2N1. The summed E-state index contributed by atoms with van der Waals surface area (Å²) in [5, 5.41) is 6.37. The lowest BCUT2D eigenvalue weighted by molar-refractivity contribution is -0.118. The van der Waals surface area contributed by atoms with Crippen LogP contribution in [0, 0.1) is 0 Å². The van der Waals surface area contributed by atoms with Crippen LogP contribution in [-0.4, -0.2) is 12.5 Å². The van der Waals surface area contributed by atoms with Crippen molar-refractivity contribution in [3.8, 4) is 5.75 Å². The number of fused-ring (bicyclic) bond motifs is 1. The van der Waals surface area contributed by atoms with Gasteiger partial charge in [-0.25, -0.2) is 0 Å². The molecule has 0 aliphatic carbocycles. The Hall–Kier alpha value is -1.66. The Morgan fingerprint density at radius 1 is 1.40 bits per heavy atom. The van der Waals surface area contributed by atoms with E-state index in [2.05, 4.69) is 26.6 Å². The smallest absolute Gasteiger partial charge is 0.262 e. The molecule has 104 valence electrons. The molecule has 1 aromatic carbocycles. The van der Waals surface area contributed by atoms with Gasteiger partial charge in [0, 0.05) is 6.07 Å². The predicted octanol–water partition coefficient (Wildman–Crippen LogP) is 3.64. The van der Waals surface area contributed by atoms with Gasteiger partial charge >= 0.3 is 0 Å². The number of halogens is 2. The van der Waals surface area contributed by atoms with Crippen LogP contribution in [0.4, 0.5) is 11.4 Å². The number of nitrogens with one attached hydrogen (secondary N) is 2. The van der Waals surface area contributed by atoms with Crippen LogP contribution in [0.15, 0.2) is 33.4 Å². The molecular formula is C13H10BrClN2O3. The van der Waals surface area contributed by atoms with E-state index in [1.807, 2.05) is 12.1 Å². The molecule has 2 N–H and O–H groups in total. The number of carbonyl (C=O) groups excluding carboxylic acids is 1. The van der Waals surface area contributed by atoms with Crippen molar-refractivity contribution in [2.75, 3.05) is 17.2 Å². The topological polar surface area (TPSA) is 63.5 Å². The lowest BCUT2D eigenvalue weighted by Crippen LogP contribution is -2.25. The van der Waals surface area contributed by atoms with Gasteiger partial charge in [0.2, 0.25) is 0 Å². The second-order valence-electron chi connectivity index (χ2n) is 4.22. The van der Waals surface area contributed by atoms with Crippen molar-refractivity contribution in [3.63, 3.8) is 0 Å². The highest BCUT2D eigenvalue weighted by Crippen LogP contribution is 2.36. The minimum Gasteiger partial charge on any atom is -0.482 e. The van der Waals surface area contributed by atoms with E-state index in [1.165, 1.54) is 0 Å². The number of ether oxygens (including phenoxy) is 1. The van der Waals surface area contributed by atoms with E-state index in [0.29, 0.717) is 33.4 Å². The second-order valence-corrected chi connectivity index (χ2v) is 5.41. The molecule has 0 radical (unpaired) electrons. The van der Waals surface area contributed by atoms with Crippen molar-refractivity contribution in [1.29, 1.82) is 0 Å². The highest BCUT2D eigenvalue weighted by atomic mass is 79.9. The number of rotatable bonds is 3. The van der Waals surface area contributed by atoms with E-state index >= 15 is 0 Å². The monoisotopic (exact) mass is 356 g/mol. The van der Waals surface area contributed by atoms with E-state index in [1.54, 1.807) is 12.1 Å². The van der Waals surface area contributed by atoms with Crippen LogP contribution in [0.25, 0.3) is 0 Å². The fraction of sp³-hybridized carbons (Fsp3) is 0.154. The zero-order valence-corrected chi connectivity index (χ0v) is 12.5. The Balaban J connectivity index is 1.78. The first-order valence-electron chi connectivity index (χ1n) is 5.86. The van der Waals surface area contributed by atoms with Gasteiger partial charge in [0.1, 0.15) is 11.5 Å². The standard InChI is InChI=1S/C13H10BrClN2O3/c14-12-2-1-7(20-12)5-16-9-4-11-10(3-8(9)15)17-13(18)6-19-11/h1-4,16H,5-6H2,(H,17,18). The molecule has 1 aliphatic heterocycles. The summed E-state index contributed by atoms with van der Waals surface area (Å²) in [6, 6.07) is 7.10. The molecule has 20 heavy (non-hydrogen) atoms. The van der Waals surface area contributed by atoms with Gasteiger partial charge in [-0.05, 0) is 34.1 Å². The van der Waals surface area contributed by atoms with Crippen molar-refractivity contribution >= 4 is 44.8 Å². The lowest BCUT2D eigenvalue weighted by Gasteiger charge is -2.19. The fourth-order valence-electron chi connectivity index (χ4n) is 1.86. The molecule has 0 saturated heterocycles. The molecule has 5 nitrogen and oxygen atoms in total. The summed E-state index contributed by atoms with van der Waals surface area (Å²) in [5.74, 6) is 1.19. The van der Waals surface area contributed by atoms with Crippen molar-refractivity contribution in [1.82, 2.24) is 0 Å². The molecule has 1 aromatic heterocycles. The summed E-state index contributed by atoms with van der Waals surface area (Å²) in [7, 11) is 0. The van der Waals surface area contributed by atoms with E-state index < -0.39 is 0 Å². The van der Waals surface area contributed by atoms with Gasteiger partial charge in [-0.3, -0.25) is 4.79 Å². The summed E-state index contributed by atoms with van der Waals surface area (Å²) in [5.41, 5.74) is 1.30. The highest BCUT2D eigenvalue weighted by Gasteiger charge is 2.18. The number of furan rings is 1. The van der Waals surface area contributed by atoms with Crippen molar-refractivity contribution in [3.05, 3.63) is 39.7 Å². The summed E-state index contributed by atoms with van der Waals surface area (Å²) >= 11 is 9.42. The Labute approximate surface area is 128 Å². The van der Waals surface area contributed by atoms with Gasteiger partial charge in [-0.2, -0.15) is 0 Å². The summed E-state index contributed by atoms with van der Waals surface area (Å²) < 4.78 is 11.4. The van der Waals surface area contributed by atoms with Crippen LogP contribution in [0.5, 0.6) is 5.75 Å². The zero-order chi connectivity index (χ0) is 14.1. The third-order valence-electron chi connectivity index (χ3n) is 2.78. The number of hydrogen-bond donors (Lipinski definition) is 2. The van der Waals surface area contributed by atoms with Gasteiger partial charge in [-0.15, -0.1) is 0 Å². The molecular weight excluding hydrogens is 348 g/mol. The van der Waals surface area contributed by atoms with Crippen molar-refractivity contribution in [2.45, 2.75) is 6.54 Å². The maximum atomic E-state index is 11.2. The maximum Gasteiger partial charge on any atom is 0.262 e. The molecule has 1 amide bonds. The van der Waals surface area contributed by atoms with Gasteiger partial charge in [0.25, 0.3) is 5.91 Å². The molecule has 2 heterocycles. The molecule has 0 unspecified atom stereocenters. The molecule has 0 fully saturated rings. The molecule has 0 spiro atoms. The maximum absolute atomic E-state index is 11.2. The lowest BCUT2D eigenvalue weighted by atomic mass is 10.2. The first kappa shape index (κ1) is 13.3. The van der Waals surface area contributed by atoms with Gasteiger partial charge in [0.15, 0.2) is 11.3 Å². The third-order valence-corrected chi connectivity index (χ3v) is 3.52. The van der Waals surface area contributed by atoms with Gasteiger partial charge in [-0.1, -0.05) is 11.6 Å². The molecule has 0 saturated carbocycles.